The van der Waals surface area contributed by atoms with Crippen LogP contribution in [0.4, 0.5) is 9.59 Å². The van der Waals surface area contributed by atoms with Crippen LogP contribution in [-0.2, 0) is 19.0 Å². The van der Waals surface area contributed by atoms with E-state index in [2.05, 4.69) is 5.32 Å². The van der Waals surface area contributed by atoms with Gasteiger partial charge in [0.15, 0.2) is 0 Å². The van der Waals surface area contributed by atoms with Gasteiger partial charge in [-0.3, -0.25) is 4.79 Å². The van der Waals surface area contributed by atoms with E-state index < -0.39 is 11.7 Å². The van der Waals surface area contributed by atoms with E-state index in [1.54, 1.807) is 25.7 Å². The molecule has 2 saturated heterocycles. The van der Waals surface area contributed by atoms with E-state index >= 15 is 0 Å². The van der Waals surface area contributed by atoms with Gasteiger partial charge in [0.2, 0.25) is 5.91 Å². The molecule has 0 aromatic carbocycles. The number of ether oxygens (including phenoxy) is 3. The standard InChI is InChI=1S/C19H31N3O6/c1-19(2,3)28-17(24)20-10-15-11-22(18(25)27-15)14-6-4-13(5-7-14)21-8-9-26-12-16(21)23/h13-15H,4-12H2,1-3H3,(H,20,24)/t13?,14?,15-/m0/s1. The molecule has 0 spiro atoms. The average molecular weight is 397 g/mol. The lowest BCUT2D eigenvalue weighted by atomic mass is 9.89. The van der Waals surface area contributed by atoms with Crippen LogP contribution < -0.4 is 5.32 Å². The van der Waals surface area contributed by atoms with E-state index in [1.807, 2.05) is 4.90 Å². The molecule has 3 amide bonds. The van der Waals surface area contributed by atoms with Crippen molar-refractivity contribution in [3.63, 3.8) is 0 Å². The number of alkyl carbamates (subject to hydrolysis) is 1. The second kappa shape index (κ2) is 8.55. The zero-order valence-corrected chi connectivity index (χ0v) is 16.9. The lowest BCUT2D eigenvalue weighted by molar-refractivity contribution is -0.146. The van der Waals surface area contributed by atoms with Gasteiger partial charge in [0.05, 0.1) is 19.7 Å². The predicted molar refractivity (Wildman–Crippen MR) is 99.8 cm³/mol. The van der Waals surface area contributed by atoms with Crippen molar-refractivity contribution in [1.82, 2.24) is 15.1 Å². The molecule has 9 nitrogen and oxygen atoms in total. The molecule has 1 saturated carbocycles. The number of carbonyl (C=O) groups is 3. The molecule has 0 aromatic heterocycles. The molecule has 2 aliphatic heterocycles. The number of cyclic esters (lactones) is 1. The molecule has 9 heteroatoms. The Morgan fingerprint density at radius 1 is 1.14 bits per heavy atom. The van der Waals surface area contributed by atoms with Crippen molar-refractivity contribution in [3.8, 4) is 0 Å². The van der Waals surface area contributed by atoms with Gasteiger partial charge in [-0.1, -0.05) is 0 Å². The fraction of sp³-hybridized carbons (Fsp3) is 0.842. The number of rotatable bonds is 4. The molecule has 0 aromatic rings. The molecule has 0 radical (unpaired) electrons. The maximum Gasteiger partial charge on any atom is 0.410 e. The van der Waals surface area contributed by atoms with Crippen molar-refractivity contribution in [2.45, 2.75) is 70.2 Å². The molecule has 2 heterocycles. The summed E-state index contributed by atoms with van der Waals surface area (Å²) in [6, 6.07) is 0.349. The highest BCUT2D eigenvalue weighted by molar-refractivity contribution is 5.78. The second-order valence-electron chi connectivity index (χ2n) is 8.64. The van der Waals surface area contributed by atoms with E-state index in [0.29, 0.717) is 19.7 Å². The van der Waals surface area contributed by atoms with Gasteiger partial charge in [-0.15, -0.1) is 0 Å². The van der Waals surface area contributed by atoms with Gasteiger partial charge in [0, 0.05) is 18.6 Å². The van der Waals surface area contributed by atoms with Crippen molar-refractivity contribution in [2.75, 3.05) is 32.8 Å². The molecule has 0 unspecified atom stereocenters. The van der Waals surface area contributed by atoms with Crippen LogP contribution in [-0.4, -0.2) is 84.5 Å². The van der Waals surface area contributed by atoms with Gasteiger partial charge in [0.1, 0.15) is 18.3 Å². The van der Waals surface area contributed by atoms with Gasteiger partial charge < -0.3 is 29.3 Å². The molecule has 158 valence electrons. The molecular weight excluding hydrogens is 366 g/mol. The first-order valence-electron chi connectivity index (χ1n) is 10.0. The van der Waals surface area contributed by atoms with E-state index in [0.717, 1.165) is 25.7 Å². The third-order valence-corrected chi connectivity index (χ3v) is 5.35. The predicted octanol–water partition coefficient (Wildman–Crippen LogP) is 1.50. The minimum Gasteiger partial charge on any atom is -0.444 e. The third kappa shape index (κ3) is 5.27. The van der Waals surface area contributed by atoms with Crippen molar-refractivity contribution in [2.24, 2.45) is 0 Å². The normalized spacial score (nSPS) is 28.9. The molecule has 28 heavy (non-hydrogen) atoms. The Hall–Kier alpha value is -2.03. The molecule has 0 bridgehead atoms. The monoisotopic (exact) mass is 397 g/mol. The summed E-state index contributed by atoms with van der Waals surface area (Å²) < 4.78 is 15.8. The summed E-state index contributed by atoms with van der Waals surface area (Å²) in [7, 11) is 0. The molecule has 1 aliphatic carbocycles. The minimum atomic E-state index is -0.566. The Morgan fingerprint density at radius 2 is 1.79 bits per heavy atom. The number of morpholine rings is 1. The first-order chi connectivity index (χ1) is 13.2. The Labute approximate surface area is 165 Å². The molecule has 1 N–H and O–H groups in total. The molecule has 1 atom stereocenters. The molecule has 3 aliphatic rings. The summed E-state index contributed by atoms with van der Waals surface area (Å²) in [6.07, 6.45) is 2.22. The van der Waals surface area contributed by atoms with Gasteiger partial charge in [-0.25, -0.2) is 9.59 Å². The van der Waals surface area contributed by atoms with Crippen molar-refractivity contribution >= 4 is 18.1 Å². The van der Waals surface area contributed by atoms with Crippen LogP contribution >= 0.6 is 0 Å². The zero-order valence-electron chi connectivity index (χ0n) is 16.9. The Balaban J connectivity index is 1.43. The Bertz CT molecular complexity index is 597. The smallest absolute Gasteiger partial charge is 0.410 e. The van der Waals surface area contributed by atoms with Gasteiger partial charge >= 0.3 is 12.2 Å². The van der Waals surface area contributed by atoms with Crippen LogP contribution in [0.25, 0.3) is 0 Å². The lowest BCUT2D eigenvalue weighted by Crippen LogP contribution is -2.51. The zero-order chi connectivity index (χ0) is 20.3. The number of nitrogens with zero attached hydrogens (tertiary/aromatic N) is 2. The summed E-state index contributed by atoms with van der Waals surface area (Å²) in [6.45, 7) is 7.49. The number of carbonyl (C=O) groups excluding carboxylic acids is 3. The number of nitrogens with one attached hydrogen (secondary N) is 1. The van der Waals surface area contributed by atoms with E-state index in [1.165, 1.54) is 0 Å². The highest BCUT2D eigenvalue weighted by atomic mass is 16.6. The largest absolute Gasteiger partial charge is 0.444 e. The second-order valence-corrected chi connectivity index (χ2v) is 8.64. The number of amides is 3. The fourth-order valence-corrected chi connectivity index (χ4v) is 4.05. The summed E-state index contributed by atoms with van der Waals surface area (Å²) in [5.74, 6) is 0.0589. The van der Waals surface area contributed by atoms with E-state index in [-0.39, 0.29) is 43.3 Å². The molecule has 3 fully saturated rings. The third-order valence-electron chi connectivity index (χ3n) is 5.35. The quantitative estimate of drug-likeness (QED) is 0.772. The maximum absolute atomic E-state index is 12.3. The van der Waals surface area contributed by atoms with Crippen LogP contribution in [0.1, 0.15) is 46.5 Å². The lowest BCUT2D eigenvalue weighted by Gasteiger charge is -2.40. The summed E-state index contributed by atoms with van der Waals surface area (Å²) in [5, 5.41) is 2.66. The molecule has 3 rings (SSSR count). The van der Waals surface area contributed by atoms with Crippen molar-refractivity contribution in [3.05, 3.63) is 0 Å². The van der Waals surface area contributed by atoms with E-state index in [9.17, 15) is 14.4 Å². The molecular formula is C19H31N3O6. The van der Waals surface area contributed by atoms with Crippen molar-refractivity contribution in [1.29, 1.82) is 0 Å². The fourth-order valence-electron chi connectivity index (χ4n) is 4.05. The van der Waals surface area contributed by atoms with Crippen LogP contribution in [0.15, 0.2) is 0 Å². The summed E-state index contributed by atoms with van der Waals surface area (Å²) in [5.41, 5.74) is -0.566. The Kier molecular flexibility index (Phi) is 6.32. The van der Waals surface area contributed by atoms with Gasteiger partial charge in [-0.05, 0) is 46.5 Å². The first-order valence-corrected chi connectivity index (χ1v) is 10.0. The topological polar surface area (TPSA) is 97.4 Å². The highest BCUT2D eigenvalue weighted by Crippen LogP contribution is 2.29. The highest BCUT2D eigenvalue weighted by Gasteiger charge is 2.39. The van der Waals surface area contributed by atoms with Crippen LogP contribution in [0.3, 0.4) is 0 Å². The summed E-state index contributed by atoms with van der Waals surface area (Å²) >= 11 is 0. The Morgan fingerprint density at radius 3 is 2.39 bits per heavy atom. The average Bonchev–Trinajstić information content (AvgIpc) is 3.00. The van der Waals surface area contributed by atoms with Gasteiger partial charge in [0.25, 0.3) is 0 Å². The SMILES string of the molecule is CC(C)(C)OC(=O)NC[C@H]1CN(C2CCC(N3CCOCC3=O)CC2)C(=O)O1. The van der Waals surface area contributed by atoms with Crippen LogP contribution in [0.2, 0.25) is 0 Å². The number of hydrogen-bond donors (Lipinski definition) is 1. The minimum absolute atomic E-state index is 0.0589. The maximum atomic E-state index is 12.3. The number of hydrogen-bond acceptors (Lipinski definition) is 6. The summed E-state index contributed by atoms with van der Waals surface area (Å²) in [4.78, 5) is 39.7. The van der Waals surface area contributed by atoms with Gasteiger partial charge in [-0.2, -0.15) is 0 Å². The van der Waals surface area contributed by atoms with Crippen molar-refractivity contribution < 1.29 is 28.6 Å². The first kappa shape index (κ1) is 20.7. The van der Waals surface area contributed by atoms with Crippen LogP contribution in [0, 0.1) is 0 Å². The van der Waals surface area contributed by atoms with E-state index in [4.69, 9.17) is 14.2 Å². The van der Waals surface area contributed by atoms with Crippen LogP contribution in [0.5, 0.6) is 0 Å².